The Kier molecular flexibility index (Phi) is 3.80. The highest BCUT2D eigenvalue weighted by Crippen LogP contribution is 2.24. The lowest BCUT2D eigenvalue weighted by Gasteiger charge is -2.10. The van der Waals surface area contributed by atoms with Crippen molar-refractivity contribution in [2.24, 2.45) is 0 Å². The van der Waals surface area contributed by atoms with Crippen LogP contribution in [0.15, 0.2) is 27.5 Å². The molecule has 0 fully saturated rings. The molecule has 0 atom stereocenters. The molecule has 20 heavy (non-hydrogen) atoms. The minimum Gasteiger partial charge on any atom is -0.444 e. The van der Waals surface area contributed by atoms with Gasteiger partial charge in [0.2, 0.25) is 5.89 Å². The average molecular weight is 298 g/mol. The lowest BCUT2D eigenvalue weighted by molar-refractivity contribution is 0.478. The third kappa shape index (κ3) is 2.98. The lowest BCUT2D eigenvalue weighted by atomic mass is 10.3. The summed E-state index contributed by atoms with van der Waals surface area (Å²) in [5, 5.41) is 2.84. The van der Waals surface area contributed by atoms with E-state index in [1.807, 2.05) is 6.92 Å². The van der Waals surface area contributed by atoms with Crippen LogP contribution in [0.1, 0.15) is 17.3 Å². The third-order valence-electron chi connectivity index (χ3n) is 2.84. The molecule has 1 aromatic carbocycles. The first kappa shape index (κ1) is 14.5. The summed E-state index contributed by atoms with van der Waals surface area (Å²) in [7, 11) is -3.66. The Bertz CT molecular complexity index is 719. The second-order valence-corrected chi connectivity index (χ2v) is 6.44. The molecule has 0 spiro atoms. The first-order chi connectivity index (χ1) is 9.29. The third-order valence-corrected chi connectivity index (χ3v) is 4.00. The van der Waals surface area contributed by atoms with E-state index in [4.69, 9.17) is 4.42 Å². The summed E-state index contributed by atoms with van der Waals surface area (Å²) < 4.78 is 42.3. The van der Waals surface area contributed by atoms with Gasteiger partial charge in [0.1, 0.15) is 16.5 Å². The van der Waals surface area contributed by atoms with Crippen molar-refractivity contribution < 1.29 is 17.2 Å². The average Bonchev–Trinajstić information content (AvgIpc) is 2.64. The van der Waals surface area contributed by atoms with E-state index in [9.17, 15) is 12.8 Å². The second kappa shape index (κ2) is 5.24. The summed E-state index contributed by atoms with van der Waals surface area (Å²) in [6.45, 7) is 3.78. The molecule has 0 amide bonds. The van der Waals surface area contributed by atoms with Gasteiger partial charge in [-0.25, -0.2) is 17.8 Å². The standard InChI is InChI=1S/C13H15FN2O3S/c1-8-9(2)19-12(16-8)7-15-11-6-4-5-10(14)13(11)20(3,17)18/h4-6,15H,7H2,1-3H3. The number of sulfone groups is 1. The van der Waals surface area contributed by atoms with Crippen molar-refractivity contribution in [2.75, 3.05) is 11.6 Å². The van der Waals surface area contributed by atoms with Crippen molar-refractivity contribution in [3.05, 3.63) is 41.4 Å². The maximum atomic E-state index is 13.7. The molecule has 5 nitrogen and oxygen atoms in total. The van der Waals surface area contributed by atoms with Gasteiger partial charge < -0.3 is 9.73 Å². The van der Waals surface area contributed by atoms with Gasteiger partial charge in [0.15, 0.2) is 9.84 Å². The van der Waals surface area contributed by atoms with E-state index in [0.29, 0.717) is 11.7 Å². The predicted octanol–water partition coefficient (Wildman–Crippen LogP) is 2.45. The smallest absolute Gasteiger partial charge is 0.213 e. The topological polar surface area (TPSA) is 72.2 Å². The van der Waals surface area contributed by atoms with Crippen LogP contribution in [-0.4, -0.2) is 19.7 Å². The summed E-state index contributed by atoms with van der Waals surface area (Å²) in [4.78, 5) is 3.82. The van der Waals surface area contributed by atoms with Gasteiger partial charge in [-0.05, 0) is 26.0 Å². The number of nitrogens with one attached hydrogen (secondary N) is 1. The fourth-order valence-corrected chi connectivity index (χ4v) is 2.77. The number of oxazole rings is 1. The highest BCUT2D eigenvalue weighted by molar-refractivity contribution is 7.90. The summed E-state index contributed by atoms with van der Waals surface area (Å²) in [6.07, 6.45) is 0.968. The van der Waals surface area contributed by atoms with Gasteiger partial charge in [-0.15, -0.1) is 0 Å². The molecule has 1 N–H and O–H groups in total. The molecule has 0 aliphatic rings. The molecule has 7 heteroatoms. The Morgan fingerprint density at radius 1 is 1.35 bits per heavy atom. The van der Waals surface area contributed by atoms with Crippen molar-refractivity contribution in [3.8, 4) is 0 Å². The Hall–Kier alpha value is -1.89. The fourth-order valence-electron chi connectivity index (χ4n) is 1.81. The van der Waals surface area contributed by atoms with Gasteiger partial charge in [0, 0.05) is 6.26 Å². The monoisotopic (exact) mass is 298 g/mol. The molecule has 2 aromatic rings. The van der Waals surface area contributed by atoms with Gasteiger partial charge in [0.05, 0.1) is 17.9 Å². The molecular weight excluding hydrogens is 283 g/mol. The predicted molar refractivity (Wildman–Crippen MR) is 72.8 cm³/mol. The zero-order chi connectivity index (χ0) is 14.9. The van der Waals surface area contributed by atoms with E-state index < -0.39 is 15.7 Å². The van der Waals surface area contributed by atoms with Crippen molar-refractivity contribution in [1.29, 1.82) is 0 Å². The Morgan fingerprint density at radius 2 is 2.05 bits per heavy atom. The highest BCUT2D eigenvalue weighted by atomic mass is 32.2. The number of rotatable bonds is 4. The van der Waals surface area contributed by atoms with Crippen LogP contribution in [0.25, 0.3) is 0 Å². The molecule has 0 radical (unpaired) electrons. The second-order valence-electron chi connectivity index (χ2n) is 4.49. The maximum absolute atomic E-state index is 13.7. The molecule has 0 aliphatic carbocycles. The number of anilines is 1. The lowest BCUT2D eigenvalue weighted by Crippen LogP contribution is -2.08. The molecule has 0 unspecified atom stereocenters. The van der Waals surface area contributed by atoms with Crippen molar-refractivity contribution in [2.45, 2.75) is 25.3 Å². The Balaban J connectivity index is 2.28. The SMILES string of the molecule is Cc1nc(CNc2cccc(F)c2S(C)(=O)=O)oc1C. The number of halogens is 1. The summed E-state index contributed by atoms with van der Waals surface area (Å²) in [6, 6.07) is 4.06. The van der Waals surface area contributed by atoms with E-state index in [-0.39, 0.29) is 17.1 Å². The molecule has 108 valence electrons. The number of nitrogens with zero attached hydrogens (tertiary/aromatic N) is 1. The van der Waals surface area contributed by atoms with Crippen LogP contribution in [0, 0.1) is 19.7 Å². The minimum atomic E-state index is -3.66. The largest absolute Gasteiger partial charge is 0.444 e. The molecule has 1 heterocycles. The quantitative estimate of drug-likeness (QED) is 0.938. The van der Waals surface area contributed by atoms with Gasteiger partial charge in [-0.2, -0.15) is 0 Å². The number of hydrogen-bond acceptors (Lipinski definition) is 5. The van der Waals surface area contributed by atoms with Crippen molar-refractivity contribution in [1.82, 2.24) is 4.98 Å². The van der Waals surface area contributed by atoms with Crippen LogP contribution >= 0.6 is 0 Å². The van der Waals surface area contributed by atoms with Gasteiger partial charge in [-0.1, -0.05) is 6.07 Å². The van der Waals surface area contributed by atoms with Crippen LogP contribution in [0.3, 0.4) is 0 Å². The summed E-state index contributed by atoms with van der Waals surface area (Å²) >= 11 is 0. The van der Waals surface area contributed by atoms with E-state index in [2.05, 4.69) is 10.3 Å². The van der Waals surface area contributed by atoms with Crippen LogP contribution in [0.2, 0.25) is 0 Å². The van der Waals surface area contributed by atoms with E-state index >= 15 is 0 Å². The first-order valence-corrected chi connectivity index (χ1v) is 7.83. The van der Waals surface area contributed by atoms with E-state index in [1.165, 1.54) is 12.1 Å². The summed E-state index contributed by atoms with van der Waals surface area (Å²) in [5.74, 6) is 0.338. The van der Waals surface area contributed by atoms with Crippen molar-refractivity contribution >= 4 is 15.5 Å². The van der Waals surface area contributed by atoms with Crippen LogP contribution in [0.5, 0.6) is 0 Å². The maximum Gasteiger partial charge on any atom is 0.213 e. The van der Waals surface area contributed by atoms with Crippen LogP contribution in [-0.2, 0) is 16.4 Å². The Labute approximate surface area is 116 Å². The van der Waals surface area contributed by atoms with Gasteiger partial charge in [0.25, 0.3) is 0 Å². The van der Waals surface area contributed by atoms with Gasteiger partial charge >= 0.3 is 0 Å². The fraction of sp³-hybridized carbons (Fsp3) is 0.308. The molecule has 1 aromatic heterocycles. The zero-order valence-electron chi connectivity index (χ0n) is 11.4. The molecule has 0 saturated heterocycles. The molecule has 0 aliphatic heterocycles. The molecule has 2 rings (SSSR count). The van der Waals surface area contributed by atoms with Crippen molar-refractivity contribution in [3.63, 3.8) is 0 Å². The Morgan fingerprint density at radius 3 is 2.60 bits per heavy atom. The van der Waals surface area contributed by atoms with Crippen LogP contribution in [0.4, 0.5) is 10.1 Å². The first-order valence-electron chi connectivity index (χ1n) is 5.94. The highest BCUT2D eigenvalue weighted by Gasteiger charge is 2.19. The molecular formula is C13H15FN2O3S. The number of hydrogen-bond donors (Lipinski definition) is 1. The normalized spacial score (nSPS) is 11.6. The molecule has 0 bridgehead atoms. The summed E-state index contributed by atoms with van der Waals surface area (Å²) in [5.41, 5.74) is 0.963. The van der Waals surface area contributed by atoms with Crippen LogP contribution < -0.4 is 5.32 Å². The van der Waals surface area contributed by atoms with E-state index in [1.54, 1.807) is 6.92 Å². The van der Waals surface area contributed by atoms with Gasteiger partial charge in [-0.3, -0.25) is 0 Å². The zero-order valence-corrected chi connectivity index (χ0v) is 12.2. The number of aryl methyl sites for hydroxylation is 2. The molecule has 0 saturated carbocycles. The van der Waals surface area contributed by atoms with E-state index in [0.717, 1.165) is 18.0 Å². The minimum absolute atomic E-state index is 0.181. The number of benzene rings is 1. The number of aromatic nitrogens is 1.